The zero-order valence-corrected chi connectivity index (χ0v) is 62.2. The maximum absolute atomic E-state index is 15.8. The molecular weight excluding hydrogens is 1350 g/mol. The molecule has 0 aromatic rings. The second-order valence-electron chi connectivity index (χ2n) is 31.1. The molecule has 3 unspecified atom stereocenters. The number of hydrogen-bond acceptors (Lipinski definition) is 14. The summed E-state index contributed by atoms with van der Waals surface area (Å²) in [5.74, 6) is -12.2. The number of likely N-dealkylation sites (N-methyl/N-ethyl adjacent to an activating group) is 6. The van der Waals surface area contributed by atoms with E-state index in [1.165, 1.54) is 61.9 Å². The first-order valence-corrected chi connectivity index (χ1v) is 38.0. The van der Waals surface area contributed by atoms with Gasteiger partial charge in [-0.05, 0) is 119 Å². The zero-order valence-electron chi connectivity index (χ0n) is 61.5. The molecule has 102 heavy (non-hydrogen) atoms. The van der Waals surface area contributed by atoms with Gasteiger partial charge in [0.05, 0.1) is 43.5 Å². The molecule has 8 fully saturated rings. The van der Waals surface area contributed by atoms with Gasteiger partial charge >= 0.3 is 12.1 Å². The fourth-order valence-corrected chi connectivity index (χ4v) is 17.5. The molecule has 572 valence electrons. The van der Waals surface area contributed by atoms with Crippen molar-refractivity contribution in [3.63, 3.8) is 0 Å². The van der Waals surface area contributed by atoms with E-state index in [1.54, 1.807) is 13.8 Å². The molecule has 8 aliphatic rings. The average molecular weight is 1460 g/mol. The molecule has 0 radical (unpaired) electrons. The largest absolute Gasteiger partial charge is 0.436 e. The number of rotatable bonds is 10. The van der Waals surface area contributed by atoms with Gasteiger partial charge in [-0.25, -0.2) is 4.79 Å². The molecule has 30 heteroatoms. The molecule has 8 rings (SSSR count). The van der Waals surface area contributed by atoms with Crippen molar-refractivity contribution in [2.45, 2.75) is 247 Å². The van der Waals surface area contributed by atoms with Crippen LogP contribution in [-0.2, 0) is 62.3 Å². The van der Waals surface area contributed by atoms with E-state index in [0.29, 0.717) is 76.5 Å². The molecule has 0 aromatic heterocycles. The molecule has 12 amide bonds. The topological polar surface area (TPSA) is 296 Å². The molecule has 0 bridgehead atoms. The number of amides is 12. The van der Waals surface area contributed by atoms with Crippen LogP contribution in [0.15, 0.2) is 0 Å². The SMILES string of the molecule is CC[C@H](C)[C@@H]1NC(=O)[C@H](C2CCC2)[N+](=O)C(=O)C[C@@H](C(=O)N2CCOCC2)N(C)C(=O)[C@H](C2CCCCC2)N(C)C(=O)C2(CCCC2)NC(=O)[C@@H]2CCCN2C(=O)[C@H](CCC2CCC(C(F)(F)F)C(Cl)C2)NC(=O)CN(C)C(=O)[C@H](CC2CCC(C)CC2)N(C)C(=O)CN(C)C(=O)CN(C)C1=O. The Morgan fingerprint density at radius 2 is 1.26 bits per heavy atom. The zero-order chi connectivity index (χ0) is 74.7. The van der Waals surface area contributed by atoms with Crippen LogP contribution in [0.4, 0.5) is 13.2 Å². The van der Waals surface area contributed by atoms with Gasteiger partial charge in [-0.15, -0.1) is 11.6 Å². The van der Waals surface area contributed by atoms with E-state index in [9.17, 15) is 56.4 Å². The molecular formula is C72H113ClF3N12O14+. The van der Waals surface area contributed by atoms with Crippen LogP contribution in [-0.4, -0.2) is 269 Å². The average Bonchev–Trinajstić information content (AvgIpc) is 1.40. The number of morpholine rings is 1. The molecule has 0 aromatic carbocycles. The predicted octanol–water partition coefficient (Wildman–Crippen LogP) is 5.18. The summed E-state index contributed by atoms with van der Waals surface area (Å²) < 4.78 is 47.7. The lowest BCUT2D eigenvalue weighted by Gasteiger charge is -2.43. The minimum atomic E-state index is -4.52. The summed E-state index contributed by atoms with van der Waals surface area (Å²) in [4.78, 5) is 204. The van der Waals surface area contributed by atoms with Gasteiger partial charge in [0.15, 0.2) is 0 Å². The summed E-state index contributed by atoms with van der Waals surface area (Å²) in [7, 11) is 8.35. The minimum Gasteiger partial charge on any atom is -0.378 e. The summed E-state index contributed by atoms with van der Waals surface area (Å²) in [5, 5.41) is 7.42. The maximum atomic E-state index is 15.8. The number of carbonyl (C=O) groups excluding carboxylic acids is 12. The fraction of sp³-hybridized carbons (Fsp3) is 0.833. The van der Waals surface area contributed by atoms with Gasteiger partial charge < -0.3 is 59.9 Å². The molecule has 11 atom stereocenters. The molecule has 3 saturated heterocycles. The summed E-state index contributed by atoms with van der Waals surface area (Å²) >= 11 is 6.41. The van der Waals surface area contributed by atoms with Gasteiger partial charge in [-0.3, -0.25) is 52.7 Å². The van der Waals surface area contributed by atoms with Gasteiger partial charge in [0.2, 0.25) is 59.1 Å². The van der Waals surface area contributed by atoms with E-state index in [2.05, 4.69) is 22.9 Å². The normalized spacial score (nSPS) is 31.8. The number of hydrogen-bond donors (Lipinski definition) is 3. The Bertz CT molecular complexity index is 3040. The highest BCUT2D eigenvalue weighted by molar-refractivity contribution is 6.21. The first-order valence-electron chi connectivity index (χ1n) is 37.6. The van der Waals surface area contributed by atoms with Crippen molar-refractivity contribution in [3.05, 3.63) is 4.91 Å². The first kappa shape index (κ1) is 81.2. The third kappa shape index (κ3) is 19.7. The van der Waals surface area contributed by atoms with Crippen molar-refractivity contribution in [1.29, 1.82) is 0 Å². The quantitative estimate of drug-likeness (QED) is 0.188. The Balaban J connectivity index is 1.16. The van der Waals surface area contributed by atoms with Crippen LogP contribution in [0, 0.1) is 46.3 Å². The maximum Gasteiger partial charge on any atom is 0.436 e. The third-order valence-electron chi connectivity index (χ3n) is 24.0. The lowest BCUT2D eigenvalue weighted by atomic mass is 9.78. The van der Waals surface area contributed by atoms with Crippen LogP contribution < -0.4 is 16.0 Å². The minimum absolute atomic E-state index is 0.000102. The van der Waals surface area contributed by atoms with Crippen LogP contribution in [0.3, 0.4) is 0 Å². The number of nitrogens with one attached hydrogen (secondary N) is 3. The number of ether oxygens (including phenoxy) is 1. The lowest BCUT2D eigenvalue weighted by molar-refractivity contribution is -0.507. The molecule has 1 spiro atoms. The van der Waals surface area contributed by atoms with Crippen LogP contribution >= 0.6 is 11.6 Å². The lowest BCUT2D eigenvalue weighted by Crippen LogP contribution is -2.65. The van der Waals surface area contributed by atoms with E-state index >= 15 is 19.2 Å². The van der Waals surface area contributed by atoms with E-state index in [1.807, 2.05) is 0 Å². The van der Waals surface area contributed by atoms with Crippen molar-refractivity contribution < 1.29 is 80.2 Å². The Labute approximate surface area is 603 Å². The van der Waals surface area contributed by atoms with E-state index in [-0.39, 0.29) is 107 Å². The van der Waals surface area contributed by atoms with E-state index < -0.39 is 180 Å². The highest BCUT2D eigenvalue weighted by Gasteiger charge is 2.54. The number of halogens is 4. The van der Waals surface area contributed by atoms with Gasteiger partial charge in [0.1, 0.15) is 48.2 Å². The highest BCUT2D eigenvalue weighted by atomic mass is 35.5. The highest BCUT2D eigenvalue weighted by Crippen LogP contribution is 2.44. The third-order valence-corrected chi connectivity index (χ3v) is 24.5. The molecule has 26 nitrogen and oxygen atoms in total. The molecule has 5 aliphatic carbocycles. The second-order valence-corrected chi connectivity index (χ2v) is 31.7. The molecule has 5 saturated carbocycles. The Kier molecular flexibility index (Phi) is 28.6. The van der Waals surface area contributed by atoms with Gasteiger partial charge in [-0.2, -0.15) is 13.2 Å². The van der Waals surface area contributed by atoms with Crippen molar-refractivity contribution in [1.82, 2.24) is 55.1 Å². The standard InChI is InChI=1S/C72H112ClF3N12O14/c1-10-45(3)60-68(98)82(6)42-58(91)80(4)43-59(92)83(7)54(39-47-25-23-44(2)24-26-47)66(96)81(5)41-56(89)77-52(30-28-46-27-29-50(51(73)38-46)72(74,75)76)65(95)87-33-17-22-53(87)63(93)79-71(31-14-15-32-71)70(100)85(9)62(49-18-12-11-13-19-49)69(99)84(8)55(67(97)86-34-36-102-37-35-86)40-57(90)88(101)61(64(94)78-60)48-20-16-21-48/h44-55,60-62H,10-43H2,1-9H3,(H2-,77,78,79,89,93,94)/p+1/t44?,45-,46?,47?,50?,51?,52-,53-,54-,55-,60-,61-,62-/m0/s1. The second kappa shape index (κ2) is 36.0. The number of fused-ring (bicyclic) bond motifs is 1. The monoisotopic (exact) mass is 1460 g/mol. The summed E-state index contributed by atoms with van der Waals surface area (Å²) in [5.41, 5.74) is -1.60. The van der Waals surface area contributed by atoms with Crippen molar-refractivity contribution in [3.8, 4) is 0 Å². The number of carbonyl (C=O) groups is 12. The van der Waals surface area contributed by atoms with E-state index in [0.717, 1.165) is 51.7 Å². The van der Waals surface area contributed by atoms with Crippen molar-refractivity contribution in [2.75, 3.05) is 94.8 Å². The molecule has 3 heterocycles. The summed E-state index contributed by atoms with van der Waals surface area (Å²) in [6.07, 6.45) is 4.83. The van der Waals surface area contributed by atoms with Gasteiger partial charge in [0, 0.05) is 78.1 Å². The van der Waals surface area contributed by atoms with Gasteiger partial charge in [-0.1, -0.05) is 91.4 Å². The van der Waals surface area contributed by atoms with Crippen LogP contribution in [0.1, 0.15) is 188 Å². The smallest absolute Gasteiger partial charge is 0.378 e. The number of nitrogens with zero attached hydrogens (tertiary/aromatic N) is 9. The summed E-state index contributed by atoms with van der Waals surface area (Å²) in [6, 6.07) is -9.56. The van der Waals surface area contributed by atoms with Crippen molar-refractivity contribution >= 4 is 82.5 Å². The van der Waals surface area contributed by atoms with Crippen LogP contribution in [0.2, 0.25) is 0 Å². The fourth-order valence-electron chi connectivity index (χ4n) is 16.9. The predicted molar refractivity (Wildman–Crippen MR) is 370 cm³/mol. The van der Waals surface area contributed by atoms with Crippen LogP contribution in [0.25, 0.3) is 0 Å². The molecule has 3 aliphatic heterocycles. The number of nitroso groups, excluding NO2 is 1. The molecule has 3 N–H and O–H groups in total. The van der Waals surface area contributed by atoms with Gasteiger partial charge in [0.25, 0.3) is 11.9 Å². The first-order chi connectivity index (χ1) is 48.3. The van der Waals surface area contributed by atoms with E-state index in [4.69, 9.17) is 16.3 Å². The Hall–Kier alpha value is -6.52. The summed E-state index contributed by atoms with van der Waals surface area (Å²) in [6.45, 7) is 4.41. The Morgan fingerprint density at radius 3 is 1.87 bits per heavy atom. The van der Waals surface area contributed by atoms with Crippen molar-refractivity contribution in [2.24, 2.45) is 41.4 Å². The Morgan fingerprint density at radius 1 is 0.647 bits per heavy atom. The van der Waals surface area contributed by atoms with Crippen LogP contribution in [0.5, 0.6) is 0 Å². The number of alkyl halides is 4.